The maximum Gasteiger partial charge on any atom is 0.261 e. The van der Waals surface area contributed by atoms with E-state index in [1.807, 2.05) is 42.5 Å². The molecule has 0 aliphatic carbocycles. The molecule has 5 heteroatoms. The second-order valence-electron chi connectivity index (χ2n) is 4.61. The Balaban J connectivity index is 1.82. The van der Waals surface area contributed by atoms with Gasteiger partial charge < -0.3 is 4.74 Å². The molecule has 0 heterocycles. The number of benzene rings is 3. The molecule has 112 valence electrons. The maximum atomic E-state index is 11.3. The van der Waals surface area contributed by atoms with Crippen molar-refractivity contribution in [2.45, 2.75) is 0 Å². The zero-order valence-corrected chi connectivity index (χ0v) is 12.8. The van der Waals surface area contributed by atoms with Crippen LogP contribution >= 0.6 is 0 Å². The van der Waals surface area contributed by atoms with Gasteiger partial charge in [0.15, 0.2) is 0 Å². The van der Waals surface area contributed by atoms with E-state index in [2.05, 4.69) is 21.0 Å². The average molecular weight is 313 g/mol. The van der Waals surface area contributed by atoms with Crippen LogP contribution in [0.5, 0.6) is 11.5 Å². The first-order valence-electron chi connectivity index (χ1n) is 6.75. The van der Waals surface area contributed by atoms with Crippen molar-refractivity contribution in [3.05, 3.63) is 66.7 Å². The fourth-order valence-electron chi connectivity index (χ4n) is 2.14. The van der Waals surface area contributed by atoms with Crippen LogP contribution in [0.25, 0.3) is 10.8 Å². The second-order valence-corrected chi connectivity index (χ2v) is 5.61. The number of ether oxygens (including phenoxy) is 1. The summed E-state index contributed by atoms with van der Waals surface area (Å²) < 4.78 is 24.6. The molecule has 0 aliphatic heterocycles. The van der Waals surface area contributed by atoms with Gasteiger partial charge in [0.05, 0.1) is 7.11 Å². The lowest BCUT2D eigenvalue weighted by Crippen LogP contribution is -2.04. The number of anilines is 1. The Morgan fingerprint density at radius 1 is 0.909 bits per heavy atom. The van der Waals surface area contributed by atoms with Gasteiger partial charge in [-0.2, -0.15) is 0 Å². The Hall–Kier alpha value is -2.37. The lowest BCUT2D eigenvalue weighted by Gasteiger charge is -2.10. The number of nitrogens with one attached hydrogen (secondary N) is 1. The van der Waals surface area contributed by atoms with E-state index < -0.39 is 11.3 Å². The topological polar surface area (TPSA) is 47.6 Å². The fourth-order valence-corrected chi connectivity index (χ4v) is 2.55. The third-order valence-electron chi connectivity index (χ3n) is 3.18. The lowest BCUT2D eigenvalue weighted by molar-refractivity contribution is 0.449. The second kappa shape index (κ2) is 6.60. The summed E-state index contributed by atoms with van der Waals surface area (Å²) in [7, 11) is 1.38. The molecule has 3 aromatic rings. The molecule has 0 radical (unpaired) electrons. The van der Waals surface area contributed by atoms with Gasteiger partial charge in [-0.05, 0) is 35.7 Å². The highest BCUT2D eigenvalue weighted by molar-refractivity contribution is 7.81. The molecule has 4 nitrogen and oxygen atoms in total. The number of hydrogen-bond acceptors (Lipinski definition) is 3. The van der Waals surface area contributed by atoms with Crippen LogP contribution in [-0.4, -0.2) is 11.3 Å². The smallest absolute Gasteiger partial charge is 0.261 e. The summed E-state index contributed by atoms with van der Waals surface area (Å²) in [6.45, 7) is 0. The van der Waals surface area contributed by atoms with Gasteiger partial charge in [0.25, 0.3) is 11.3 Å². The first-order chi connectivity index (χ1) is 10.8. The molecule has 0 saturated heterocycles. The largest absolute Gasteiger partial charge is 0.457 e. The van der Waals surface area contributed by atoms with Gasteiger partial charge >= 0.3 is 0 Å². The van der Waals surface area contributed by atoms with E-state index in [9.17, 15) is 4.21 Å². The van der Waals surface area contributed by atoms with Crippen LogP contribution in [0.3, 0.4) is 0 Å². The van der Waals surface area contributed by atoms with E-state index in [1.54, 1.807) is 12.1 Å². The standard InChI is InChI=1S/C17H15NO3S/c1-20-22(19)18-14-9-11-15(12-10-14)21-17-8-4-6-13-5-2-3-7-16(13)17/h2-12,18H,1H3. The van der Waals surface area contributed by atoms with Crippen molar-refractivity contribution in [2.75, 3.05) is 11.8 Å². The van der Waals surface area contributed by atoms with E-state index in [0.29, 0.717) is 11.4 Å². The molecule has 0 saturated carbocycles. The van der Waals surface area contributed by atoms with Gasteiger partial charge in [-0.15, -0.1) is 0 Å². The zero-order valence-electron chi connectivity index (χ0n) is 12.0. The van der Waals surface area contributed by atoms with Crippen molar-refractivity contribution in [1.82, 2.24) is 0 Å². The molecule has 1 N–H and O–H groups in total. The normalized spacial score (nSPS) is 12.0. The third kappa shape index (κ3) is 3.27. The SMILES string of the molecule is COS(=O)Nc1ccc(Oc2cccc3ccccc23)cc1. The fraction of sp³-hybridized carbons (Fsp3) is 0.0588. The highest BCUT2D eigenvalue weighted by atomic mass is 32.2. The van der Waals surface area contributed by atoms with Crippen molar-refractivity contribution in [2.24, 2.45) is 0 Å². The van der Waals surface area contributed by atoms with E-state index in [0.717, 1.165) is 16.5 Å². The molecule has 22 heavy (non-hydrogen) atoms. The summed E-state index contributed by atoms with van der Waals surface area (Å²) in [5.41, 5.74) is 0.699. The Bertz CT molecular complexity index is 797. The minimum absolute atomic E-state index is 0.699. The number of fused-ring (bicyclic) bond motifs is 1. The van der Waals surface area contributed by atoms with Crippen molar-refractivity contribution >= 4 is 27.7 Å². The predicted octanol–water partition coefficient (Wildman–Crippen LogP) is 4.27. The van der Waals surface area contributed by atoms with Gasteiger partial charge in [0, 0.05) is 11.1 Å². The highest BCUT2D eigenvalue weighted by Gasteiger charge is 2.04. The van der Waals surface area contributed by atoms with E-state index in [-0.39, 0.29) is 0 Å². The molecule has 0 fully saturated rings. The predicted molar refractivity (Wildman–Crippen MR) is 89.2 cm³/mol. The van der Waals surface area contributed by atoms with Crippen LogP contribution in [0.1, 0.15) is 0 Å². The van der Waals surface area contributed by atoms with Gasteiger partial charge in [0.2, 0.25) is 0 Å². The monoisotopic (exact) mass is 313 g/mol. The van der Waals surface area contributed by atoms with E-state index in [1.165, 1.54) is 7.11 Å². The summed E-state index contributed by atoms with van der Waals surface area (Å²) in [5.74, 6) is 1.52. The van der Waals surface area contributed by atoms with Crippen LogP contribution in [-0.2, 0) is 15.4 Å². The molecular weight excluding hydrogens is 298 g/mol. The molecule has 0 bridgehead atoms. The van der Waals surface area contributed by atoms with Crippen LogP contribution in [0.15, 0.2) is 66.7 Å². The minimum Gasteiger partial charge on any atom is -0.457 e. The Morgan fingerprint density at radius 3 is 2.41 bits per heavy atom. The van der Waals surface area contributed by atoms with Gasteiger partial charge in [-0.1, -0.05) is 36.4 Å². The lowest BCUT2D eigenvalue weighted by atomic mass is 10.1. The van der Waals surface area contributed by atoms with E-state index in [4.69, 9.17) is 4.74 Å². The summed E-state index contributed by atoms with van der Waals surface area (Å²) in [6.07, 6.45) is 0. The Morgan fingerprint density at radius 2 is 1.64 bits per heavy atom. The first kappa shape index (κ1) is 14.6. The molecule has 0 aliphatic rings. The molecule has 1 unspecified atom stereocenters. The van der Waals surface area contributed by atoms with Crippen molar-refractivity contribution in [3.63, 3.8) is 0 Å². The van der Waals surface area contributed by atoms with Crippen LogP contribution in [0.4, 0.5) is 5.69 Å². The number of rotatable bonds is 5. The minimum atomic E-state index is -1.53. The third-order valence-corrected chi connectivity index (χ3v) is 3.89. The molecule has 3 rings (SSSR count). The summed E-state index contributed by atoms with van der Waals surface area (Å²) in [5, 5.41) is 2.20. The van der Waals surface area contributed by atoms with Crippen LogP contribution in [0, 0.1) is 0 Å². The van der Waals surface area contributed by atoms with Crippen molar-refractivity contribution in [1.29, 1.82) is 0 Å². The molecular formula is C17H15NO3S. The van der Waals surface area contributed by atoms with Crippen LogP contribution in [0.2, 0.25) is 0 Å². The first-order valence-corrected chi connectivity index (χ1v) is 7.82. The highest BCUT2D eigenvalue weighted by Crippen LogP contribution is 2.30. The van der Waals surface area contributed by atoms with Crippen LogP contribution < -0.4 is 9.46 Å². The van der Waals surface area contributed by atoms with Gasteiger partial charge in [0.1, 0.15) is 11.5 Å². The van der Waals surface area contributed by atoms with Gasteiger partial charge in [-0.3, -0.25) is 8.91 Å². The molecule has 0 amide bonds. The van der Waals surface area contributed by atoms with E-state index >= 15 is 0 Å². The number of hydrogen-bond donors (Lipinski definition) is 1. The summed E-state index contributed by atoms with van der Waals surface area (Å²) in [6, 6.07) is 21.2. The van der Waals surface area contributed by atoms with Crippen molar-refractivity contribution in [3.8, 4) is 11.5 Å². The van der Waals surface area contributed by atoms with Crippen molar-refractivity contribution < 1.29 is 13.1 Å². The molecule has 3 aromatic carbocycles. The molecule has 0 aromatic heterocycles. The Kier molecular flexibility index (Phi) is 4.37. The summed E-state index contributed by atoms with van der Waals surface area (Å²) >= 11 is -1.53. The zero-order chi connectivity index (χ0) is 15.4. The quantitative estimate of drug-likeness (QED) is 0.765. The average Bonchev–Trinajstić information content (AvgIpc) is 2.57. The maximum absolute atomic E-state index is 11.3. The Labute approximate surface area is 131 Å². The summed E-state index contributed by atoms with van der Waals surface area (Å²) in [4.78, 5) is 0. The van der Waals surface area contributed by atoms with Gasteiger partial charge in [-0.25, -0.2) is 4.21 Å². The molecule has 0 spiro atoms. The molecule has 1 atom stereocenters.